The van der Waals surface area contributed by atoms with Gasteiger partial charge < -0.3 is 0 Å². The molecule has 1 aliphatic rings. The Bertz CT molecular complexity index is 343. The highest BCUT2D eigenvalue weighted by Crippen LogP contribution is 2.15. The molecule has 1 aromatic rings. The molecule has 1 aromatic heterocycles. The molecule has 0 fully saturated rings. The van der Waals surface area contributed by atoms with Crippen molar-refractivity contribution in [1.82, 2.24) is 4.98 Å². The Morgan fingerprint density at radius 1 is 1.40 bits per heavy atom. The van der Waals surface area contributed by atoms with Crippen LogP contribution in [0.3, 0.4) is 0 Å². The van der Waals surface area contributed by atoms with Gasteiger partial charge in [0.2, 0.25) is 0 Å². The second kappa shape index (κ2) is 5.29. The fraction of sp³-hybridized carbons (Fsp3) is 0.333. The van der Waals surface area contributed by atoms with Crippen LogP contribution >= 0.6 is 0 Å². The number of nitrogens with one attached hydrogen (secondary N) is 1. The molecule has 0 unspecified atom stereocenters. The third-order valence-electron chi connectivity index (χ3n) is 2.44. The summed E-state index contributed by atoms with van der Waals surface area (Å²) in [7, 11) is 0. The van der Waals surface area contributed by atoms with E-state index >= 15 is 0 Å². The van der Waals surface area contributed by atoms with Gasteiger partial charge in [0.05, 0.1) is 0 Å². The molecule has 1 heterocycles. The molecule has 1 N–H and O–H groups in total. The van der Waals surface area contributed by atoms with E-state index in [4.69, 9.17) is 0 Å². The second-order valence-corrected chi connectivity index (χ2v) is 3.65. The van der Waals surface area contributed by atoms with E-state index < -0.39 is 0 Å². The summed E-state index contributed by atoms with van der Waals surface area (Å²) in [5.41, 5.74) is 2.93. The van der Waals surface area contributed by atoms with Crippen molar-refractivity contribution in [3.8, 4) is 0 Å². The molecule has 3 nitrogen and oxygen atoms in total. The summed E-state index contributed by atoms with van der Waals surface area (Å²) in [6.07, 6.45) is 11.7. The van der Waals surface area contributed by atoms with Crippen LogP contribution in [-0.2, 0) is 0 Å². The summed E-state index contributed by atoms with van der Waals surface area (Å²) in [6, 6.07) is 5.73. The van der Waals surface area contributed by atoms with Crippen LogP contribution in [0.15, 0.2) is 41.6 Å². The second-order valence-electron chi connectivity index (χ2n) is 3.65. The summed E-state index contributed by atoms with van der Waals surface area (Å²) in [6.45, 7) is 0. The molecule has 0 aromatic carbocycles. The average molecular weight is 201 g/mol. The molecule has 15 heavy (non-hydrogen) atoms. The van der Waals surface area contributed by atoms with E-state index in [0.717, 1.165) is 12.2 Å². The first kappa shape index (κ1) is 9.90. The zero-order valence-electron chi connectivity index (χ0n) is 8.63. The minimum Gasteiger partial charge on any atom is -0.262 e. The minimum atomic E-state index is 0.575. The van der Waals surface area contributed by atoms with Crippen molar-refractivity contribution < 1.29 is 0 Å². The number of hydrogen-bond donors (Lipinski definition) is 1. The molecule has 0 aliphatic heterocycles. The van der Waals surface area contributed by atoms with E-state index in [-0.39, 0.29) is 0 Å². The number of nitrogens with zero attached hydrogens (tertiary/aromatic N) is 2. The van der Waals surface area contributed by atoms with Crippen LogP contribution in [0.1, 0.15) is 19.3 Å². The number of aromatic nitrogens is 1. The first-order valence-corrected chi connectivity index (χ1v) is 5.30. The van der Waals surface area contributed by atoms with E-state index in [1.807, 2.05) is 24.4 Å². The van der Waals surface area contributed by atoms with Crippen LogP contribution in [0.2, 0.25) is 0 Å². The van der Waals surface area contributed by atoms with E-state index in [1.54, 1.807) is 6.20 Å². The van der Waals surface area contributed by atoms with Crippen molar-refractivity contribution in [2.24, 2.45) is 11.0 Å². The standard InChI is InChI=1S/C12H15N3/c1-2-6-11(7-3-1)10-14-15-12-8-4-5-9-13-12/h1-2,4-5,8-11H,3,6-7H2,(H,13,15)/b14-10-/t11-/m0/s1. The fourth-order valence-electron chi connectivity index (χ4n) is 1.59. The van der Waals surface area contributed by atoms with Gasteiger partial charge in [0, 0.05) is 12.4 Å². The van der Waals surface area contributed by atoms with E-state index in [0.29, 0.717) is 5.92 Å². The summed E-state index contributed by atoms with van der Waals surface area (Å²) in [5, 5.41) is 4.19. The number of anilines is 1. The van der Waals surface area contributed by atoms with Gasteiger partial charge >= 0.3 is 0 Å². The van der Waals surface area contributed by atoms with Gasteiger partial charge in [-0.3, -0.25) is 5.43 Å². The molecule has 0 bridgehead atoms. The summed E-state index contributed by atoms with van der Waals surface area (Å²) in [4.78, 5) is 4.12. The fourth-order valence-corrected chi connectivity index (χ4v) is 1.59. The molecule has 78 valence electrons. The highest BCUT2D eigenvalue weighted by atomic mass is 15.3. The third kappa shape index (κ3) is 3.20. The predicted octanol–water partition coefficient (Wildman–Crippen LogP) is 2.84. The van der Waals surface area contributed by atoms with Crippen LogP contribution in [-0.4, -0.2) is 11.2 Å². The normalized spacial score (nSPS) is 20.7. The van der Waals surface area contributed by atoms with Crippen LogP contribution in [0.4, 0.5) is 5.82 Å². The predicted molar refractivity (Wildman–Crippen MR) is 62.8 cm³/mol. The molecular weight excluding hydrogens is 186 g/mol. The van der Waals surface area contributed by atoms with Gasteiger partial charge in [-0.25, -0.2) is 4.98 Å². The van der Waals surface area contributed by atoms with Crippen molar-refractivity contribution >= 4 is 12.0 Å². The molecule has 0 spiro atoms. The molecule has 3 heteroatoms. The summed E-state index contributed by atoms with van der Waals surface area (Å²) in [5.74, 6) is 1.37. The van der Waals surface area contributed by atoms with Gasteiger partial charge in [0.25, 0.3) is 0 Å². The van der Waals surface area contributed by atoms with Gasteiger partial charge in [-0.05, 0) is 37.3 Å². The van der Waals surface area contributed by atoms with Gasteiger partial charge in [-0.2, -0.15) is 5.10 Å². The van der Waals surface area contributed by atoms with Gasteiger partial charge in [0.1, 0.15) is 5.82 Å². The van der Waals surface area contributed by atoms with Crippen molar-refractivity contribution in [2.45, 2.75) is 19.3 Å². The van der Waals surface area contributed by atoms with Crippen LogP contribution in [0.5, 0.6) is 0 Å². The topological polar surface area (TPSA) is 37.3 Å². The number of pyridine rings is 1. The zero-order chi connectivity index (χ0) is 10.3. The van der Waals surface area contributed by atoms with Crippen molar-refractivity contribution in [1.29, 1.82) is 0 Å². The van der Waals surface area contributed by atoms with Gasteiger partial charge in [0.15, 0.2) is 0 Å². The lowest BCUT2D eigenvalue weighted by atomic mass is 9.96. The lowest BCUT2D eigenvalue weighted by Crippen LogP contribution is -2.05. The smallest absolute Gasteiger partial charge is 0.146 e. The Balaban J connectivity index is 1.82. The number of hydrogen-bond acceptors (Lipinski definition) is 3. The SMILES string of the molecule is C1=CC[C@H](/C=N\Nc2ccccn2)CC1. The van der Waals surface area contributed by atoms with Crippen molar-refractivity contribution in [3.63, 3.8) is 0 Å². The van der Waals surface area contributed by atoms with Crippen molar-refractivity contribution in [3.05, 3.63) is 36.5 Å². The van der Waals surface area contributed by atoms with Crippen molar-refractivity contribution in [2.75, 3.05) is 5.43 Å². The molecule has 2 rings (SSSR count). The Morgan fingerprint density at radius 3 is 3.13 bits per heavy atom. The Morgan fingerprint density at radius 2 is 2.40 bits per heavy atom. The van der Waals surface area contributed by atoms with E-state index in [9.17, 15) is 0 Å². The highest BCUT2D eigenvalue weighted by Gasteiger charge is 2.05. The molecule has 1 atom stereocenters. The molecule has 0 amide bonds. The first-order chi connectivity index (χ1) is 7.45. The Hall–Kier alpha value is -1.64. The Labute approximate surface area is 89.9 Å². The monoisotopic (exact) mass is 201 g/mol. The zero-order valence-corrected chi connectivity index (χ0v) is 8.63. The first-order valence-electron chi connectivity index (χ1n) is 5.30. The lowest BCUT2D eigenvalue weighted by Gasteiger charge is -2.11. The van der Waals surface area contributed by atoms with Gasteiger partial charge in [-0.1, -0.05) is 18.2 Å². The molecule has 0 radical (unpaired) electrons. The third-order valence-corrected chi connectivity index (χ3v) is 2.44. The van der Waals surface area contributed by atoms with Crippen LogP contribution in [0.25, 0.3) is 0 Å². The quantitative estimate of drug-likeness (QED) is 0.464. The van der Waals surface area contributed by atoms with E-state index in [1.165, 1.54) is 12.8 Å². The van der Waals surface area contributed by atoms with E-state index in [2.05, 4.69) is 27.7 Å². The largest absolute Gasteiger partial charge is 0.262 e. The number of allylic oxidation sites excluding steroid dienone is 2. The maximum Gasteiger partial charge on any atom is 0.146 e. The summed E-state index contributed by atoms with van der Waals surface area (Å²) < 4.78 is 0. The molecule has 0 saturated carbocycles. The number of rotatable bonds is 3. The van der Waals surface area contributed by atoms with Crippen LogP contribution in [0, 0.1) is 5.92 Å². The lowest BCUT2D eigenvalue weighted by molar-refractivity contribution is 0.627. The average Bonchev–Trinajstić information content (AvgIpc) is 2.32. The molecule has 0 saturated heterocycles. The maximum absolute atomic E-state index is 4.19. The number of hydrazone groups is 1. The van der Waals surface area contributed by atoms with Gasteiger partial charge in [-0.15, -0.1) is 0 Å². The molecule has 1 aliphatic carbocycles. The molecular formula is C12H15N3. The van der Waals surface area contributed by atoms with Crippen LogP contribution < -0.4 is 5.43 Å². The Kier molecular flexibility index (Phi) is 3.49. The highest BCUT2D eigenvalue weighted by molar-refractivity contribution is 5.62. The summed E-state index contributed by atoms with van der Waals surface area (Å²) >= 11 is 0. The minimum absolute atomic E-state index is 0.575. The maximum atomic E-state index is 4.19.